The topological polar surface area (TPSA) is 67.4 Å². The van der Waals surface area contributed by atoms with Crippen molar-refractivity contribution in [3.8, 4) is 5.75 Å². The number of carbonyl (C=O) groups is 2. The summed E-state index contributed by atoms with van der Waals surface area (Å²) in [6, 6.07) is 12.7. The van der Waals surface area contributed by atoms with E-state index in [-0.39, 0.29) is 18.4 Å². The Labute approximate surface area is 148 Å². The van der Waals surface area contributed by atoms with Crippen molar-refractivity contribution < 1.29 is 14.3 Å². The summed E-state index contributed by atoms with van der Waals surface area (Å²) in [7, 11) is 1.54. The summed E-state index contributed by atoms with van der Waals surface area (Å²) in [4.78, 5) is 24.4. The molecule has 0 saturated heterocycles. The van der Waals surface area contributed by atoms with E-state index >= 15 is 0 Å². The van der Waals surface area contributed by atoms with E-state index in [0.29, 0.717) is 17.2 Å². The molecule has 0 heterocycles. The van der Waals surface area contributed by atoms with Crippen LogP contribution in [0, 0.1) is 6.92 Å². The molecule has 2 amide bonds. The van der Waals surface area contributed by atoms with E-state index in [2.05, 4.69) is 24.5 Å². The van der Waals surface area contributed by atoms with Crippen molar-refractivity contribution >= 4 is 17.5 Å². The number of carbonyl (C=O) groups excluding carboxylic acids is 2. The summed E-state index contributed by atoms with van der Waals surface area (Å²) in [5.41, 5.74) is 3.34. The first-order valence-corrected chi connectivity index (χ1v) is 8.24. The summed E-state index contributed by atoms with van der Waals surface area (Å²) in [6.07, 6.45) is 0. The standard InChI is InChI=1S/C20H24N2O3/c1-13(2)17-10-5-7-14(3)19(17)22-18(23)12-21-20(24)15-8-6-9-16(11-15)25-4/h5-11,13H,12H2,1-4H3,(H,21,24)(H,22,23). The Kier molecular flexibility index (Phi) is 6.17. The molecule has 5 heteroatoms. The molecule has 0 bridgehead atoms. The van der Waals surface area contributed by atoms with Crippen molar-refractivity contribution in [1.82, 2.24) is 5.32 Å². The van der Waals surface area contributed by atoms with Gasteiger partial charge < -0.3 is 15.4 Å². The highest BCUT2D eigenvalue weighted by atomic mass is 16.5. The number of methoxy groups -OCH3 is 1. The molecule has 2 aromatic carbocycles. The Balaban J connectivity index is 2.00. The maximum absolute atomic E-state index is 12.2. The molecule has 2 N–H and O–H groups in total. The van der Waals surface area contributed by atoms with Crippen molar-refractivity contribution in [2.45, 2.75) is 26.7 Å². The van der Waals surface area contributed by atoms with Gasteiger partial charge in [0.1, 0.15) is 5.75 Å². The largest absolute Gasteiger partial charge is 0.497 e. The first-order valence-electron chi connectivity index (χ1n) is 8.24. The highest BCUT2D eigenvalue weighted by molar-refractivity contribution is 6.00. The minimum Gasteiger partial charge on any atom is -0.497 e. The predicted molar refractivity (Wildman–Crippen MR) is 99.2 cm³/mol. The lowest BCUT2D eigenvalue weighted by molar-refractivity contribution is -0.115. The molecule has 0 radical (unpaired) electrons. The van der Waals surface area contributed by atoms with E-state index < -0.39 is 0 Å². The summed E-state index contributed by atoms with van der Waals surface area (Å²) in [5, 5.41) is 5.54. The van der Waals surface area contributed by atoms with Crippen LogP contribution in [0.2, 0.25) is 0 Å². The van der Waals surface area contributed by atoms with Gasteiger partial charge in [0, 0.05) is 11.3 Å². The van der Waals surface area contributed by atoms with Crippen LogP contribution in [-0.2, 0) is 4.79 Å². The van der Waals surface area contributed by atoms with Gasteiger partial charge in [0.2, 0.25) is 5.91 Å². The average molecular weight is 340 g/mol. The molecule has 0 fully saturated rings. The number of nitrogens with one attached hydrogen (secondary N) is 2. The van der Waals surface area contributed by atoms with E-state index in [0.717, 1.165) is 16.8 Å². The average Bonchev–Trinajstić information content (AvgIpc) is 2.61. The van der Waals surface area contributed by atoms with Gasteiger partial charge in [-0.15, -0.1) is 0 Å². The van der Waals surface area contributed by atoms with E-state index in [1.54, 1.807) is 31.4 Å². The molecule has 0 aliphatic rings. The molecule has 2 rings (SSSR count). The molecule has 25 heavy (non-hydrogen) atoms. The van der Waals surface area contributed by atoms with Crippen LogP contribution in [0.4, 0.5) is 5.69 Å². The van der Waals surface area contributed by atoms with Crippen LogP contribution in [0.1, 0.15) is 41.3 Å². The Morgan fingerprint density at radius 3 is 2.52 bits per heavy atom. The zero-order valence-electron chi connectivity index (χ0n) is 15.1. The van der Waals surface area contributed by atoms with E-state index in [9.17, 15) is 9.59 Å². The minimum atomic E-state index is -0.317. The molecular weight excluding hydrogens is 316 g/mol. The highest BCUT2D eigenvalue weighted by Crippen LogP contribution is 2.27. The SMILES string of the molecule is COc1cccc(C(=O)NCC(=O)Nc2c(C)cccc2C(C)C)c1. The van der Waals surface area contributed by atoms with Gasteiger partial charge in [-0.3, -0.25) is 9.59 Å². The van der Waals surface area contributed by atoms with Gasteiger partial charge in [0.15, 0.2) is 0 Å². The van der Waals surface area contributed by atoms with Gasteiger partial charge in [0.05, 0.1) is 13.7 Å². The molecule has 5 nitrogen and oxygen atoms in total. The lowest BCUT2D eigenvalue weighted by Crippen LogP contribution is -2.33. The summed E-state index contributed by atoms with van der Waals surface area (Å²) < 4.78 is 5.10. The van der Waals surface area contributed by atoms with Crippen LogP contribution in [-0.4, -0.2) is 25.5 Å². The minimum absolute atomic E-state index is 0.0953. The van der Waals surface area contributed by atoms with Crippen LogP contribution in [0.25, 0.3) is 0 Å². The smallest absolute Gasteiger partial charge is 0.251 e. The summed E-state index contributed by atoms with van der Waals surface area (Å²) >= 11 is 0. The molecule has 0 aromatic heterocycles. The van der Waals surface area contributed by atoms with Crippen LogP contribution < -0.4 is 15.4 Å². The maximum atomic E-state index is 12.2. The molecule has 0 spiro atoms. The molecule has 0 unspecified atom stereocenters. The highest BCUT2D eigenvalue weighted by Gasteiger charge is 2.13. The summed E-state index contributed by atoms with van der Waals surface area (Å²) in [6.45, 7) is 6.02. The fraction of sp³-hybridized carbons (Fsp3) is 0.300. The second-order valence-corrected chi connectivity index (χ2v) is 6.16. The Morgan fingerprint density at radius 2 is 1.84 bits per heavy atom. The van der Waals surface area contributed by atoms with Gasteiger partial charge in [-0.05, 0) is 42.2 Å². The Bertz CT molecular complexity index is 769. The normalized spacial score (nSPS) is 10.4. The summed E-state index contributed by atoms with van der Waals surface area (Å²) in [5.74, 6) is 0.315. The number of benzene rings is 2. The number of hydrogen-bond acceptors (Lipinski definition) is 3. The van der Waals surface area contributed by atoms with Crippen LogP contribution in [0.5, 0.6) is 5.75 Å². The predicted octanol–water partition coefficient (Wildman–Crippen LogP) is 3.50. The third-order valence-electron chi connectivity index (χ3n) is 3.93. The van der Waals surface area contributed by atoms with Crippen LogP contribution in [0.15, 0.2) is 42.5 Å². The molecule has 0 saturated carbocycles. The lowest BCUT2D eigenvalue weighted by atomic mass is 9.98. The monoisotopic (exact) mass is 340 g/mol. The molecule has 132 valence electrons. The number of hydrogen-bond donors (Lipinski definition) is 2. The first kappa shape index (κ1) is 18.5. The molecule has 0 atom stereocenters. The van der Waals surface area contributed by atoms with Crippen molar-refractivity contribution in [1.29, 1.82) is 0 Å². The number of ether oxygens (including phenoxy) is 1. The first-order chi connectivity index (χ1) is 11.9. The van der Waals surface area contributed by atoms with Crippen molar-refractivity contribution in [3.05, 3.63) is 59.2 Å². The van der Waals surface area contributed by atoms with E-state index in [1.165, 1.54) is 0 Å². The second kappa shape index (κ2) is 8.33. The quantitative estimate of drug-likeness (QED) is 0.846. The Hall–Kier alpha value is -2.82. The second-order valence-electron chi connectivity index (χ2n) is 6.16. The van der Waals surface area contributed by atoms with Gasteiger partial charge in [-0.1, -0.05) is 38.1 Å². The van der Waals surface area contributed by atoms with E-state index in [1.807, 2.05) is 25.1 Å². The van der Waals surface area contributed by atoms with Crippen molar-refractivity contribution in [2.24, 2.45) is 0 Å². The molecule has 0 aliphatic carbocycles. The fourth-order valence-corrected chi connectivity index (χ4v) is 2.55. The third-order valence-corrected chi connectivity index (χ3v) is 3.93. The van der Waals surface area contributed by atoms with Gasteiger partial charge >= 0.3 is 0 Å². The Morgan fingerprint density at radius 1 is 1.12 bits per heavy atom. The van der Waals surface area contributed by atoms with Gasteiger partial charge in [0.25, 0.3) is 5.91 Å². The third kappa shape index (κ3) is 4.83. The van der Waals surface area contributed by atoms with Crippen molar-refractivity contribution in [3.63, 3.8) is 0 Å². The zero-order valence-corrected chi connectivity index (χ0v) is 15.1. The lowest BCUT2D eigenvalue weighted by Gasteiger charge is -2.16. The number of anilines is 1. The van der Waals surface area contributed by atoms with Crippen molar-refractivity contribution in [2.75, 3.05) is 19.0 Å². The van der Waals surface area contributed by atoms with Gasteiger partial charge in [-0.2, -0.15) is 0 Å². The maximum Gasteiger partial charge on any atom is 0.251 e. The fourth-order valence-electron chi connectivity index (χ4n) is 2.55. The molecule has 0 aliphatic heterocycles. The number of aryl methyl sites for hydroxylation is 1. The van der Waals surface area contributed by atoms with E-state index in [4.69, 9.17) is 4.74 Å². The van der Waals surface area contributed by atoms with Crippen LogP contribution in [0.3, 0.4) is 0 Å². The van der Waals surface area contributed by atoms with Crippen LogP contribution >= 0.6 is 0 Å². The van der Waals surface area contributed by atoms with Gasteiger partial charge in [-0.25, -0.2) is 0 Å². The molecule has 2 aromatic rings. The zero-order chi connectivity index (χ0) is 18.4. The number of rotatable bonds is 6. The molecular formula is C20H24N2O3. The number of para-hydroxylation sites is 1. The number of amides is 2.